The standard InChI is InChI=1S/C13H19N5/c1-9-3-4-13-15-8-12(18(13)16-9)11-7-10(14)5-6-17(11)2/h3-4,8,10-11H,5-7,14H2,1-2H3. The number of hydrogen-bond donors (Lipinski definition) is 1. The van der Waals surface area contributed by atoms with Crippen molar-refractivity contribution < 1.29 is 0 Å². The summed E-state index contributed by atoms with van der Waals surface area (Å²) in [6.45, 7) is 3.03. The molecule has 0 aliphatic carbocycles. The van der Waals surface area contributed by atoms with Gasteiger partial charge >= 0.3 is 0 Å². The third-order valence-corrected chi connectivity index (χ3v) is 3.77. The molecular formula is C13H19N5. The molecule has 0 amide bonds. The second kappa shape index (κ2) is 4.33. The van der Waals surface area contributed by atoms with Gasteiger partial charge in [0.05, 0.1) is 23.6 Å². The Hall–Kier alpha value is -1.46. The Bertz CT molecular complexity index is 562. The molecule has 2 aromatic heterocycles. The molecule has 0 bridgehead atoms. The number of nitrogens with zero attached hydrogens (tertiary/aromatic N) is 4. The number of piperidine rings is 1. The van der Waals surface area contributed by atoms with E-state index in [-0.39, 0.29) is 6.04 Å². The van der Waals surface area contributed by atoms with Crippen molar-refractivity contribution in [1.82, 2.24) is 19.5 Å². The van der Waals surface area contributed by atoms with Gasteiger partial charge in [0.2, 0.25) is 0 Å². The topological polar surface area (TPSA) is 59.5 Å². The van der Waals surface area contributed by atoms with Crippen LogP contribution in [0, 0.1) is 6.92 Å². The van der Waals surface area contributed by atoms with Crippen LogP contribution >= 0.6 is 0 Å². The Balaban J connectivity index is 2.05. The first kappa shape index (κ1) is 11.6. The van der Waals surface area contributed by atoms with Crippen LogP contribution in [0.1, 0.15) is 30.3 Å². The van der Waals surface area contributed by atoms with E-state index in [1.165, 1.54) is 0 Å². The molecule has 5 nitrogen and oxygen atoms in total. The fourth-order valence-electron chi connectivity index (χ4n) is 2.67. The molecule has 1 aliphatic heterocycles. The van der Waals surface area contributed by atoms with Gasteiger partial charge in [0.15, 0.2) is 5.65 Å². The van der Waals surface area contributed by atoms with E-state index in [1.54, 1.807) is 0 Å². The molecule has 2 atom stereocenters. The average molecular weight is 245 g/mol. The van der Waals surface area contributed by atoms with Crippen LogP contribution < -0.4 is 5.73 Å². The number of rotatable bonds is 1. The molecule has 5 heteroatoms. The van der Waals surface area contributed by atoms with Crippen molar-refractivity contribution in [3.63, 3.8) is 0 Å². The van der Waals surface area contributed by atoms with E-state index in [9.17, 15) is 0 Å². The lowest BCUT2D eigenvalue weighted by atomic mass is 9.96. The zero-order chi connectivity index (χ0) is 12.7. The average Bonchev–Trinajstić information content (AvgIpc) is 2.75. The van der Waals surface area contributed by atoms with Gasteiger partial charge in [-0.1, -0.05) is 0 Å². The molecule has 18 heavy (non-hydrogen) atoms. The lowest BCUT2D eigenvalue weighted by molar-refractivity contribution is 0.166. The van der Waals surface area contributed by atoms with E-state index in [1.807, 2.05) is 29.8 Å². The first-order valence-electron chi connectivity index (χ1n) is 6.42. The van der Waals surface area contributed by atoms with Crippen molar-refractivity contribution in [2.45, 2.75) is 31.8 Å². The summed E-state index contributed by atoms with van der Waals surface area (Å²) >= 11 is 0. The second-order valence-electron chi connectivity index (χ2n) is 5.21. The molecule has 0 radical (unpaired) electrons. The van der Waals surface area contributed by atoms with Crippen LogP contribution in [0.25, 0.3) is 5.65 Å². The predicted octanol–water partition coefficient (Wildman–Crippen LogP) is 1.13. The quantitative estimate of drug-likeness (QED) is 0.818. The number of fused-ring (bicyclic) bond motifs is 1. The molecule has 2 N–H and O–H groups in total. The Morgan fingerprint density at radius 1 is 1.39 bits per heavy atom. The normalized spacial score (nSPS) is 25.7. The highest BCUT2D eigenvalue weighted by atomic mass is 15.3. The lowest BCUT2D eigenvalue weighted by Crippen LogP contribution is -2.40. The molecule has 1 saturated heterocycles. The Labute approximate surface area is 107 Å². The van der Waals surface area contributed by atoms with Gasteiger partial charge in [0.1, 0.15) is 0 Å². The van der Waals surface area contributed by atoms with Crippen LogP contribution in [0.15, 0.2) is 18.3 Å². The van der Waals surface area contributed by atoms with Crippen LogP contribution in [-0.2, 0) is 0 Å². The van der Waals surface area contributed by atoms with Crippen LogP contribution in [0.5, 0.6) is 0 Å². The second-order valence-corrected chi connectivity index (χ2v) is 5.21. The van der Waals surface area contributed by atoms with Crippen molar-refractivity contribution in [2.24, 2.45) is 5.73 Å². The number of aromatic nitrogens is 3. The Morgan fingerprint density at radius 3 is 3.06 bits per heavy atom. The molecular weight excluding hydrogens is 226 g/mol. The molecule has 3 heterocycles. The van der Waals surface area contributed by atoms with Crippen LogP contribution in [0.2, 0.25) is 0 Å². The molecule has 1 fully saturated rings. The maximum atomic E-state index is 6.09. The van der Waals surface area contributed by atoms with Gasteiger partial charge in [-0.2, -0.15) is 5.10 Å². The number of imidazole rings is 1. The summed E-state index contributed by atoms with van der Waals surface area (Å²) < 4.78 is 1.95. The van der Waals surface area contributed by atoms with Crippen molar-refractivity contribution in [3.05, 3.63) is 29.7 Å². The minimum Gasteiger partial charge on any atom is -0.328 e. The molecule has 3 rings (SSSR count). The molecule has 2 unspecified atom stereocenters. The minimum absolute atomic E-state index is 0.279. The first-order valence-corrected chi connectivity index (χ1v) is 6.42. The molecule has 96 valence electrons. The highest BCUT2D eigenvalue weighted by Crippen LogP contribution is 2.29. The zero-order valence-corrected chi connectivity index (χ0v) is 10.9. The first-order chi connectivity index (χ1) is 8.65. The van der Waals surface area contributed by atoms with E-state index in [4.69, 9.17) is 5.73 Å². The van der Waals surface area contributed by atoms with Crippen molar-refractivity contribution in [1.29, 1.82) is 0 Å². The number of likely N-dealkylation sites (tertiary alicyclic amines) is 1. The van der Waals surface area contributed by atoms with Crippen LogP contribution in [0.3, 0.4) is 0 Å². The maximum absolute atomic E-state index is 6.09. The SMILES string of the molecule is Cc1ccc2ncc(C3CC(N)CCN3C)n2n1. The Kier molecular flexibility index (Phi) is 2.80. The van der Waals surface area contributed by atoms with Crippen LogP contribution in [0.4, 0.5) is 0 Å². The fraction of sp³-hybridized carbons (Fsp3) is 0.538. The molecule has 0 aromatic carbocycles. The summed E-state index contributed by atoms with van der Waals surface area (Å²) in [5.41, 5.74) is 9.15. The molecule has 2 aromatic rings. The van der Waals surface area contributed by atoms with Gasteiger partial charge < -0.3 is 5.73 Å². The summed E-state index contributed by atoms with van der Waals surface area (Å²) in [4.78, 5) is 6.77. The largest absolute Gasteiger partial charge is 0.328 e. The van der Waals surface area contributed by atoms with Crippen molar-refractivity contribution >= 4 is 5.65 Å². The third kappa shape index (κ3) is 1.89. The third-order valence-electron chi connectivity index (χ3n) is 3.77. The highest BCUT2D eigenvalue weighted by Gasteiger charge is 2.27. The van der Waals surface area contributed by atoms with E-state index >= 15 is 0 Å². The minimum atomic E-state index is 0.279. The smallest absolute Gasteiger partial charge is 0.153 e. The van der Waals surface area contributed by atoms with Crippen LogP contribution in [-0.4, -0.2) is 39.1 Å². The van der Waals surface area contributed by atoms with Gasteiger partial charge in [0, 0.05) is 6.04 Å². The predicted molar refractivity (Wildman–Crippen MR) is 70.3 cm³/mol. The number of aryl methyl sites for hydroxylation is 1. The number of nitrogens with two attached hydrogens (primary N) is 1. The van der Waals surface area contributed by atoms with E-state index < -0.39 is 0 Å². The maximum Gasteiger partial charge on any atom is 0.153 e. The highest BCUT2D eigenvalue weighted by molar-refractivity contribution is 5.39. The summed E-state index contributed by atoms with van der Waals surface area (Å²) in [6, 6.07) is 4.59. The monoisotopic (exact) mass is 245 g/mol. The van der Waals surface area contributed by atoms with E-state index in [0.29, 0.717) is 6.04 Å². The van der Waals surface area contributed by atoms with E-state index in [0.717, 1.165) is 36.4 Å². The van der Waals surface area contributed by atoms with Gasteiger partial charge in [-0.15, -0.1) is 0 Å². The van der Waals surface area contributed by atoms with Gasteiger partial charge in [-0.3, -0.25) is 4.90 Å². The van der Waals surface area contributed by atoms with Crippen molar-refractivity contribution in [2.75, 3.05) is 13.6 Å². The zero-order valence-electron chi connectivity index (χ0n) is 10.9. The summed E-state index contributed by atoms with van der Waals surface area (Å²) in [6.07, 6.45) is 3.97. The molecule has 0 spiro atoms. The van der Waals surface area contributed by atoms with Crippen molar-refractivity contribution in [3.8, 4) is 0 Å². The lowest BCUT2D eigenvalue weighted by Gasteiger charge is -2.35. The van der Waals surface area contributed by atoms with Gasteiger partial charge in [-0.05, 0) is 45.5 Å². The molecule has 0 saturated carbocycles. The Morgan fingerprint density at radius 2 is 2.22 bits per heavy atom. The number of hydrogen-bond acceptors (Lipinski definition) is 4. The van der Waals surface area contributed by atoms with Gasteiger partial charge in [0.25, 0.3) is 0 Å². The molecule has 1 aliphatic rings. The van der Waals surface area contributed by atoms with Gasteiger partial charge in [-0.25, -0.2) is 9.50 Å². The fourth-order valence-corrected chi connectivity index (χ4v) is 2.67. The summed E-state index contributed by atoms with van der Waals surface area (Å²) in [7, 11) is 2.14. The summed E-state index contributed by atoms with van der Waals surface area (Å²) in [5, 5.41) is 4.56. The summed E-state index contributed by atoms with van der Waals surface area (Å²) in [5.74, 6) is 0. The van der Waals surface area contributed by atoms with E-state index in [2.05, 4.69) is 22.0 Å².